The van der Waals surface area contributed by atoms with Crippen molar-refractivity contribution in [1.29, 1.82) is 0 Å². The van der Waals surface area contributed by atoms with Crippen molar-refractivity contribution in [2.24, 2.45) is 0 Å². The fraction of sp³-hybridized carbons (Fsp3) is 0.133. The summed E-state index contributed by atoms with van der Waals surface area (Å²) in [7, 11) is 0. The molecule has 102 valence electrons. The van der Waals surface area contributed by atoms with Crippen molar-refractivity contribution in [2.45, 2.75) is 13.1 Å². The molecule has 0 N–H and O–H groups in total. The van der Waals surface area contributed by atoms with E-state index in [1.165, 1.54) is 6.07 Å². The first-order valence-corrected chi connectivity index (χ1v) is 6.08. The Morgan fingerprint density at radius 1 is 1.00 bits per heavy atom. The molecule has 1 heterocycles. The molecule has 20 heavy (non-hydrogen) atoms. The normalized spacial score (nSPS) is 12.0. The largest absolute Gasteiger partial charge is 0.416 e. The van der Waals surface area contributed by atoms with Gasteiger partial charge < -0.3 is 0 Å². The average molecular weight is 276 g/mol. The Kier molecular flexibility index (Phi) is 2.78. The van der Waals surface area contributed by atoms with Gasteiger partial charge in [-0.3, -0.25) is 4.57 Å². The first-order chi connectivity index (χ1) is 9.47. The molecule has 0 saturated carbocycles. The molecular formula is C15H11F3N2. The molecule has 5 heteroatoms. The van der Waals surface area contributed by atoms with Gasteiger partial charge in [-0.05, 0) is 37.3 Å². The Hall–Kier alpha value is -2.30. The van der Waals surface area contributed by atoms with Crippen LogP contribution in [0.15, 0.2) is 48.5 Å². The summed E-state index contributed by atoms with van der Waals surface area (Å²) in [6, 6.07) is 12.8. The Labute approximate surface area is 113 Å². The number of para-hydroxylation sites is 1. The lowest BCUT2D eigenvalue weighted by molar-refractivity contribution is -0.137. The van der Waals surface area contributed by atoms with Crippen molar-refractivity contribution in [3.63, 3.8) is 0 Å². The van der Waals surface area contributed by atoms with Crippen LogP contribution in [0.2, 0.25) is 0 Å². The summed E-state index contributed by atoms with van der Waals surface area (Å²) in [6.07, 6.45) is -4.35. The van der Waals surface area contributed by atoms with Crippen LogP contribution in [0.4, 0.5) is 13.2 Å². The van der Waals surface area contributed by atoms with Crippen molar-refractivity contribution in [3.8, 4) is 5.69 Å². The molecule has 0 amide bonds. The van der Waals surface area contributed by atoms with Gasteiger partial charge in [0.15, 0.2) is 0 Å². The zero-order valence-corrected chi connectivity index (χ0v) is 10.6. The van der Waals surface area contributed by atoms with Crippen molar-refractivity contribution >= 4 is 11.0 Å². The summed E-state index contributed by atoms with van der Waals surface area (Å²) in [5.74, 6) is 0.658. The molecule has 0 atom stereocenters. The number of imidazole rings is 1. The fourth-order valence-corrected chi connectivity index (χ4v) is 2.28. The van der Waals surface area contributed by atoms with Gasteiger partial charge in [0.05, 0.1) is 16.6 Å². The van der Waals surface area contributed by atoms with Crippen LogP contribution in [0, 0.1) is 6.92 Å². The highest BCUT2D eigenvalue weighted by Crippen LogP contribution is 2.32. The number of aryl methyl sites for hydroxylation is 1. The number of rotatable bonds is 1. The van der Waals surface area contributed by atoms with Crippen molar-refractivity contribution < 1.29 is 13.2 Å². The molecule has 2 aromatic carbocycles. The smallest absolute Gasteiger partial charge is 0.297 e. The van der Waals surface area contributed by atoms with Gasteiger partial charge in [-0.1, -0.05) is 18.2 Å². The highest BCUT2D eigenvalue weighted by Gasteiger charge is 2.31. The second kappa shape index (κ2) is 4.37. The molecule has 0 radical (unpaired) electrons. The molecule has 2 nitrogen and oxygen atoms in total. The zero-order valence-electron chi connectivity index (χ0n) is 10.6. The van der Waals surface area contributed by atoms with Crippen LogP contribution in [0.5, 0.6) is 0 Å². The van der Waals surface area contributed by atoms with Crippen molar-refractivity contribution in [3.05, 3.63) is 59.9 Å². The highest BCUT2D eigenvalue weighted by molar-refractivity contribution is 5.79. The van der Waals surface area contributed by atoms with Gasteiger partial charge in [-0.2, -0.15) is 13.2 Å². The molecule has 0 aliphatic heterocycles. The monoisotopic (exact) mass is 276 g/mol. The summed E-state index contributed by atoms with van der Waals surface area (Å²) >= 11 is 0. The summed E-state index contributed by atoms with van der Waals surface area (Å²) in [5.41, 5.74) is 1.15. The predicted molar refractivity (Wildman–Crippen MR) is 70.8 cm³/mol. The zero-order chi connectivity index (χ0) is 14.3. The Morgan fingerprint density at radius 3 is 2.35 bits per heavy atom. The number of aromatic nitrogens is 2. The second-order valence-electron chi connectivity index (χ2n) is 4.53. The SMILES string of the molecule is Cc1nc2ccc(C(F)(F)F)cc2n1-c1ccccc1. The Morgan fingerprint density at radius 2 is 1.70 bits per heavy atom. The summed E-state index contributed by atoms with van der Waals surface area (Å²) < 4.78 is 40.2. The number of alkyl halides is 3. The van der Waals surface area contributed by atoms with Crippen LogP contribution in [0.3, 0.4) is 0 Å². The molecule has 0 fully saturated rings. The minimum Gasteiger partial charge on any atom is -0.297 e. The van der Waals surface area contributed by atoms with Crippen LogP contribution < -0.4 is 0 Å². The van der Waals surface area contributed by atoms with Gasteiger partial charge in [0.2, 0.25) is 0 Å². The standard InChI is InChI=1S/C15H11F3N2/c1-10-19-13-8-7-11(15(16,17)18)9-14(13)20(10)12-5-3-2-4-6-12/h2-9H,1H3. The Bertz CT molecular complexity index is 758. The van der Waals surface area contributed by atoms with E-state index in [0.717, 1.165) is 17.8 Å². The van der Waals surface area contributed by atoms with Crippen LogP contribution in [0.1, 0.15) is 11.4 Å². The molecule has 0 aliphatic rings. The van der Waals surface area contributed by atoms with E-state index in [0.29, 0.717) is 16.9 Å². The van der Waals surface area contributed by atoms with Crippen LogP contribution in [0.25, 0.3) is 16.7 Å². The van der Waals surface area contributed by atoms with E-state index < -0.39 is 11.7 Å². The molecule has 3 rings (SSSR count). The average Bonchev–Trinajstić information content (AvgIpc) is 2.73. The van der Waals surface area contributed by atoms with Crippen LogP contribution >= 0.6 is 0 Å². The number of hydrogen-bond acceptors (Lipinski definition) is 1. The maximum Gasteiger partial charge on any atom is 0.416 e. The van der Waals surface area contributed by atoms with Gasteiger partial charge in [-0.25, -0.2) is 4.98 Å². The third kappa shape index (κ3) is 2.05. The van der Waals surface area contributed by atoms with Gasteiger partial charge in [0.25, 0.3) is 0 Å². The van der Waals surface area contributed by atoms with Crippen molar-refractivity contribution in [1.82, 2.24) is 9.55 Å². The van der Waals surface area contributed by atoms with E-state index in [1.54, 1.807) is 11.5 Å². The third-order valence-electron chi connectivity index (χ3n) is 3.16. The van der Waals surface area contributed by atoms with E-state index in [1.807, 2.05) is 30.3 Å². The highest BCUT2D eigenvalue weighted by atomic mass is 19.4. The third-order valence-corrected chi connectivity index (χ3v) is 3.16. The topological polar surface area (TPSA) is 17.8 Å². The molecule has 0 unspecified atom stereocenters. The van der Waals surface area contributed by atoms with Gasteiger partial charge in [0, 0.05) is 5.69 Å². The maximum absolute atomic E-state index is 12.8. The van der Waals surface area contributed by atoms with Gasteiger partial charge in [0.1, 0.15) is 5.82 Å². The first kappa shape index (κ1) is 12.7. The van der Waals surface area contributed by atoms with Crippen molar-refractivity contribution in [2.75, 3.05) is 0 Å². The molecule has 0 spiro atoms. The molecule has 0 aliphatic carbocycles. The molecule has 0 bridgehead atoms. The van der Waals surface area contributed by atoms with Gasteiger partial charge >= 0.3 is 6.18 Å². The quantitative estimate of drug-likeness (QED) is 0.646. The summed E-state index contributed by atoms with van der Waals surface area (Å²) in [6.45, 7) is 1.78. The first-order valence-electron chi connectivity index (χ1n) is 6.08. The van der Waals surface area contributed by atoms with E-state index in [2.05, 4.69) is 4.98 Å². The molecule has 3 aromatic rings. The van der Waals surface area contributed by atoms with Gasteiger partial charge in [-0.15, -0.1) is 0 Å². The number of benzene rings is 2. The number of nitrogens with zero attached hydrogens (tertiary/aromatic N) is 2. The fourth-order valence-electron chi connectivity index (χ4n) is 2.28. The lowest BCUT2D eigenvalue weighted by atomic mass is 10.2. The number of hydrogen-bond donors (Lipinski definition) is 0. The second-order valence-corrected chi connectivity index (χ2v) is 4.53. The number of fused-ring (bicyclic) bond motifs is 1. The lowest BCUT2D eigenvalue weighted by Crippen LogP contribution is -2.05. The molecular weight excluding hydrogens is 265 g/mol. The predicted octanol–water partition coefficient (Wildman–Crippen LogP) is 4.35. The van der Waals surface area contributed by atoms with E-state index >= 15 is 0 Å². The molecule has 0 saturated heterocycles. The van der Waals surface area contributed by atoms with E-state index in [-0.39, 0.29) is 0 Å². The van der Waals surface area contributed by atoms with E-state index in [9.17, 15) is 13.2 Å². The maximum atomic E-state index is 12.8. The summed E-state index contributed by atoms with van der Waals surface area (Å²) in [5, 5.41) is 0. The minimum atomic E-state index is -4.35. The Balaban J connectivity index is 2.29. The number of halogens is 3. The minimum absolute atomic E-state index is 0.462. The molecule has 1 aromatic heterocycles. The van der Waals surface area contributed by atoms with E-state index in [4.69, 9.17) is 0 Å². The van der Waals surface area contributed by atoms with Crippen LogP contribution in [-0.4, -0.2) is 9.55 Å². The van der Waals surface area contributed by atoms with Crippen LogP contribution in [-0.2, 0) is 6.18 Å². The lowest BCUT2D eigenvalue weighted by Gasteiger charge is -2.09. The summed E-state index contributed by atoms with van der Waals surface area (Å²) in [4.78, 5) is 4.31.